The monoisotopic (exact) mass is 449 g/mol. The van der Waals surface area contributed by atoms with E-state index >= 15 is 0 Å². The molecule has 0 aromatic heterocycles. The molecule has 4 rings (SSSR count). The van der Waals surface area contributed by atoms with Crippen LogP contribution in [-0.2, 0) is 16.1 Å². The summed E-state index contributed by atoms with van der Waals surface area (Å²) in [5.41, 5.74) is 0.260. The van der Waals surface area contributed by atoms with Gasteiger partial charge in [0.2, 0.25) is 0 Å². The Morgan fingerprint density at radius 3 is 2.68 bits per heavy atom. The minimum absolute atomic E-state index is 0.0360. The highest BCUT2D eigenvalue weighted by atomic mass is 35.5. The van der Waals surface area contributed by atoms with E-state index in [1.54, 1.807) is 12.1 Å². The van der Waals surface area contributed by atoms with E-state index in [4.69, 9.17) is 16.3 Å². The van der Waals surface area contributed by atoms with Crippen LogP contribution >= 0.6 is 11.6 Å². The van der Waals surface area contributed by atoms with Crippen LogP contribution in [0.4, 0.5) is 4.79 Å². The summed E-state index contributed by atoms with van der Waals surface area (Å²) in [6, 6.07) is 5.03. The lowest BCUT2D eigenvalue weighted by Gasteiger charge is -2.41. The number of carbonyl (C=O) groups excluding carboxylic acids is 2. The van der Waals surface area contributed by atoms with E-state index in [1.807, 2.05) is 6.07 Å². The lowest BCUT2D eigenvalue weighted by molar-refractivity contribution is -0.135. The van der Waals surface area contributed by atoms with Gasteiger partial charge in [0, 0.05) is 13.2 Å². The van der Waals surface area contributed by atoms with E-state index in [2.05, 4.69) is 17.1 Å². The maximum absolute atomic E-state index is 13.5. The molecule has 3 aliphatic heterocycles. The van der Waals surface area contributed by atoms with Crippen molar-refractivity contribution in [3.63, 3.8) is 0 Å². The van der Waals surface area contributed by atoms with E-state index in [0.29, 0.717) is 24.6 Å². The Bertz CT molecular complexity index is 821. The number of nitrogens with zero attached hydrogens (tertiary/aromatic N) is 2. The molecule has 1 aromatic carbocycles. The first-order valence-corrected chi connectivity index (χ1v) is 11.8. The highest BCUT2D eigenvalue weighted by molar-refractivity contribution is 6.32. The van der Waals surface area contributed by atoms with Crippen LogP contribution in [0.3, 0.4) is 0 Å². The molecular formula is C23H32ClN3O4. The van der Waals surface area contributed by atoms with Gasteiger partial charge in [-0.3, -0.25) is 14.6 Å². The standard InChI is InChI=1S/C23H32ClN3O4/c1-2-9-23(21(29)27(22(30)25-23)15-18-4-3-12-31-18)17-7-10-26(11-8-17)14-16-5-6-20(28)19(24)13-16/h5-6,13,17-18,28H,2-4,7-12,14-15H2,1H3,(H,25,30)/t18-,23-/m0/s1. The summed E-state index contributed by atoms with van der Waals surface area (Å²) in [7, 11) is 0. The van der Waals surface area contributed by atoms with Crippen molar-refractivity contribution in [2.75, 3.05) is 26.2 Å². The molecule has 0 aliphatic carbocycles. The summed E-state index contributed by atoms with van der Waals surface area (Å²) in [4.78, 5) is 30.0. The van der Waals surface area contributed by atoms with Crippen LogP contribution in [-0.4, -0.2) is 64.7 Å². The number of phenols is 1. The van der Waals surface area contributed by atoms with Gasteiger partial charge in [-0.15, -0.1) is 0 Å². The lowest BCUT2D eigenvalue weighted by Crippen LogP contribution is -2.56. The Kier molecular flexibility index (Phi) is 6.74. The first-order valence-electron chi connectivity index (χ1n) is 11.4. The quantitative estimate of drug-likeness (QED) is 0.622. The van der Waals surface area contributed by atoms with E-state index in [-0.39, 0.29) is 29.7 Å². The third-order valence-corrected chi connectivity index (χ3v) is 7.26. The van der Waals surface area contributed by atoms with Crippen LogP contribution in [0.5, 0.6) is 5.75 Å². The Hall–Kier alpha value is -1.83. The number of rotatable bonds is 7. The van der Waals surface area contributed by atoms with Crippen molar-refractivity contribution < 1.29 is 19.4 Å². The number of amides is 3. The smallest absolute Gasteiger partial charge is 0.325 e. The Balaban J connectivity index is 1.41. The van der Waals surface area contributed by atoms with Gasteiger partial charge in [0.05, 0.1) is 17.7 Å². The second-order valence-corrected chi connectivity index (χ2v) is 9.45. The second kappa shape index (κ2) is 9.35. The number of urea groups is 1. The number of nitrogens with one attached hydrogen (secondary N) is 1. The number of imide groups is 1. The Morgan fingerprint density at radius 1 is 1.26 bits per heavy atom. The SMILES string of the molecule is CCC[C@@]1(C2CCN(Cc3ccc(O)c(Cl)c3)CC2)NC(=O)N(C[C@@H]2CCCO2)C1=O. The molecule has 7 nitrogen and oxygen atoms in total. The van der Waals surface area contributed by atoms with Gasteiger partial charge in [-0.1, -0.05) is 31.0 Å². The molecule has 3 aliphatic rings. The van der Waals surface area contributed by atoms with Crippen LogP contribution in [0.2, 0.25) is 5.02 Å². The fourth-order valence-corrected chi connectivity index (χ4v) is 5.54. The van der Waals surface area contributed by atoms with Crippen molar-refractivity contribution in [2.24, 2.45) is 5.92 Å². The van der Waals surface area contributed by atoms with E-state index < -0.39 is 5.54 Å². The maximum atomic E-state index is 13.5. The van der Waals surface area contributed by atoms with E-state index in [1.165, 1.54) is 4.90 Å². The van der Waals surface area contributed by atoms with Crippen LogP contribution in [0.25, 0.3) is 0 Å². The minimum Gasteiger partial charge on any atom is -0.506 e. The van der Waals surface area contributed by atoms with Gasteiger partial charge in [0.1, 0.15) is 11.3 Å². The molecule has 0 saturated carbocycles. The third-order valence-electron chi connectivity index (χ3n) is 6.96. The number of hydrogen-bond donors (Lipinski definition) is 2. The van der Waals surface area contributed by atoms with Crippen molar-refractivity contribution in [3.05, 3.63) is 28.8 Å². The predicted molar refractivity (Wildman–Crippen MR) is 118 cm³/mol. The number of likely N-dealkylation sites (tertiary alicyclic amines) is 1. The Labute approximate surface area is 188 Å². The molecule has 2 N–H and O–H groups in total. The molecule has 1 aromatic rings. The van der Waals surface area contributed by atoms with Gasteiger partial charge in [0.25, 0.3) is 5.91 Å². The Morgan fingerprint density at radius 2 is 2.03 bits per heavy atom. The molecule has 0 radical (unpaired) electrons. The third kappa shape index (κ3) is 4.54. The largest absolute Gasteiger partial charge is 0.506 e. The summed E-state index contributed by atoms with van der Waals surface area (Å²) in [5.74, 6) is 0.144. The van der Waals surface area contributed by atoms with Crippen molar-refractivity contribution in [2.45, 2.75) is 63.6 Å². The van der Waals surface area contributed by atoms with Gasteiger partial charge in [-0.25, -0.2) is 4.79 Å². The molecule has 0 bridgehead atoms. The van der Waals surface area contributed by atoms with Crippen molar-refractivity contribution in [3.8, 4) is 5.75 Å². The van der Waals surface area contributed by atoms with Crippen LogP contribution in [0, 0.1) is 5.92 Å². The van der Waals surface area contributed by atoms with Crippen molar-refractivity contribution >= 4 is 23.5 Å². The second-order valence-electron chi connectivity index (χ2n) is 9.04. The van der Waals surface area contributed by atoms with E-state index in [0.717, 1.165) is 57.3 Å². The zero-order valence-electron chi connectivity index (χ0n) is 18.1. The predicted octanol–water partition coefficient (Wildman–Crippen LogP) is 3.53. The van der Waals surface area contributed by atoms with Gasteiger partial charge in [0.15, 0.2) is 0 Å². The molecule has 170 valence electrons. The topological polar surface area (TPSA) is 82.1 Å². The summed E-state index contributed by atoms with van der Waals surface area (Å²) in [5, 5.41) is 13.1. The summed E-state index contributed by atoms with van der Waals surface area (Å²) in [6.45, 7) is 5.58. The number of benzene rings is 1. The summed E-state index contributed by atoms with van der Waals surface area (Å²) < 4.78 is 5.67. The van der Waals surface area contributed by atoms with Gasteiger partial charge >= 0.3 is 6.03 Å². The first-order chi connectivity index (χ1) is 14.9. The van der Waals surface area contributed by atoms with Crippen molar-refractivity contribution in [1.29, 1.82) is 0 Å². The summed E-state index contributed by atoms with van der Waals surface area (Å²) in [6.07, 6.45) is 5.06. The highest BCUT2D eigenvalue weighted by Crippen LogP contribution is 2.38. The molecule has 0 unspecified atom stereocenters. The van der Waals surface area contributed by atoms with Crippen LogP contribution in [0.1, 0.15) is 51.0 Å². The minimum atomic E-state index is -0.793. The zero-order valence-corrected chi connectivity index (χ0v) is 18.9. The van der Waals surface area contributed by atoms with Gasteiger partial charge in [-0.2, -0.15) is 0 Å². The van der Waals surface area contributed by atoms with E-state index in [9.17, 15) is 14.7 Å². The maximum Gasteiger partial charge on any atom is 0.325 e. The molecule has 8 heteroatoms. The number of aromatic hydroxyl groups is 1. The molecular weight excluding hydrogens is 418 g/mol. The van der Waals surface area contributed by atoms with Gasteiger partial charge < -0.3 is 15.2 Å². The summed E-state index contributed by atoms with van der Waals surface area (Å²) >= 11 is 6.04. The number of phenolic OH excluding ortho intramolecular Hbond substituents is 1. The average molecular weight is 450 g/mol. The number of hydrogen-bond acceptors (Lipinski definition) is 5. The number of carbonyl (C=O) groups is 2. The van der Waals surface area contributed by atoms with Gasteiger partial charge in [-0.05, 0) is 68.8 Å². The fourth-order valence-electron chi connectivity index (χ4n) is 5.34. The average Bonchev–Trinajstić information content (AvgIpc) is 3.35. The highest BCUT2D eigenvalue weighted by Gasteiger charge is 2.55. The molecule has 31 heavy (non-hydrogen) atoms. The molecule has 3 heterocycles. The molecule has 3 amide bonds. The molecule has 0 spiro atoms. The van der Waals surface area contributed by atoms with Crippen LogP contribution in [0.15, 0.2) is 18.2 Å². The zero-order chi connectivity index (χ0) is 22.0. The van der Waals surface area contributed by atoms with Crippen molar-refractivity contribution in [1.82, 2.24) is 15.1 Å². The normalized spacial score (nSPS) is 27.8. The molecule has 3 saturated heterocycles. The van der Waals surface area contributed by atoms with Crippen LogP contribution < -0.4 is 5.32 Å². The number of ether oxygens (including phenoxy) is 1. The number of piperidine rings is 1. The lowest BCUT2D eigenvalue weighted by atomic mass is 9.74. The fraction of sp³-hybridized carbons (Fsp3) is 0.652. The number of halogens is 1. The first kappa shape index (κ1) is 22.4. The molecule has 3 fully saturated rings. The molecule has 2 atom stereocenters.